The molecule has 0 saturated heterocycles. The van der Waals surface area contributed by atoms with Gasteiger partial charge in [-0.05, 0) is 43.0 Å². The van der Waals surface area contributed by atoms with Crippen molar-refractivity contribution >= 4 is 5.97 Å². The zero-order chi connectivity index (χ0) is 25.8. The van der Waals surface area contributed by atoms with Gasteiger partial charge in [0.15, 0.2) is 0 Å². The Bertz CT molecular complexity index is 1080. The Kier molecular flexibility index (Phi) is 10.6. The van der Waals surface area contributed by atoms with Gasteiger partial charge in [0.1, 0.15) is 11.5 Å². The normalized spacial score (nSPS) is 10.9. The van der Waals surface area contributed by atoms with Crippen LogP contribution in [0, 0.1) is 0 Å². The molecule has 0 radical (unpaired) electrons. The molecule has 0 fully saturated rings. The molecule has 0 aliphatic heterocycles. The number of benzene rings is 2. The zero-order valence-electron chi connectivity index (χ0n) is 20.1. The third kappa shape index (κ3) is 8.05. The first-order chi connectivity index (χ1) is 16.7. The predicted octanol–water partition coefficient (Wildman–Crippen LogP) is 6.18. The van der Waals surface area contributed by atoms with E-state index in [1.807, 2.05) is 36.7 Å². The highest BCUT2D eigenvalue weighted by Crippen LogP contribution is 2.32. The summed E-state index contributed by atoms with van der Waals surface area (Å²) in [6, 6.07) is 16.4. The molecule has 35 heavy (non-hydrogen) atoms. The van der Waals surface area contributed by atoms with Crippen molar-refractivity contribution in [2.24, 2.45) is 0 Å². The number of hydrogen-bond acceptors (Lipinski definition) is 4. The van der Waals surface area contributed by atoms with Crippen LogP contribution < -0.4 is 9.47 Å². The molecule has 190 valence electrons. The highest BCUT2D eigenvalue weighted by molar-refractivity contribution is 5.73. The van der Waals surface area contributed by atoms with Gasteiger partial charge < -0.3 is 19.1 Å². The number of methoxy groups -OCH3 is 2. The number of unbranched alkanes of at least 4 members (excludes halogenated alkanes) is 2. The molecule has 3 aromatic rings. The van der Waals surface area contributed by atoms with Gasteiger partial charge in [0.2, 0.25) is 0 Å². The fraction of sp³-hybridized carbons (Fsp3) is 0.385. The Balaban J connectivity index is 0.000000540. The molecular formula is C26H31F3N2O4. The van der Waals surface area contributed by atoms with Crippen LogP contribution in [-0.4, -0.2) is 41.0 Å². The lowest BCUT2D eigenvalue weighted by Gasteiger charge is -2.13. The Labute approximate surface area is 203 Å². The van der Waals surface area contributed by atoms with Crippen LogP contribution in [0.1, 0.15) is 37.4 Å². The molecule has 0 amide bonds. The number of aromatic nitrogens is 2. The SMILES string of the molecule is CCCCCc1c(-c2ccccc2OC)ncn1CCc1ccccc1OC.O=C(O)C(F)(F)F. The topological polar surface area (TPSA) is 73.6 Å². The number of aryl methyl sites for hydroxylation is 2. The van der Waals surface area contributed by atoms with Crippen molar-refractivity contribution < 1.29 is 32.5 Å². The Morgan fingerprint density at radius 3 is 2.17 bits per heavy atom. The van der Waals surface area contributed by atoms with E-state index in [-0.39, 0.29) is 0 Å². The van der Waals surface area contributed by atoms with Crippen LogP contribution in [0.25, 0.3) is 11.3 Å². The Hall–Kier alpha value is -3.49. The number of rotatable bonds is 10. The Morgan fingerprint density at radius 2 is 1.57 bits per heavy atom. The summed E-state index contributed by atoms with van der Waals surface area (Å²) >= 11 is 0. The van der Waals surface area contributed by atoms with Gasteiger partial charge in [0, 0.05) is 17.8 Å². The lowest BCUT2D eigenvalue weighted by atomic mass is 10.0. The standard InChI is InChI=1S/C24H30N2O2.C2HF3O2/c1-4-5-6-13-21-24(20-12-8-10-15-23(20)28-3)25-18-26(21)17-16-19-11-7-9-14-22(19)27-2;3-2(4,5)1(6)7/h7-12,14-15,18H,4-6,13,16-17H2,1-3H3;(H,6,7). The van der Waals surface area contributed by atoms with E-state index < -0.39 is 12.1 Å². The average molecular weight is 493 g/mol. The van der Waals surface area contributed by atoms with Crippen LogP contribution in [0.2, 0.25) is 0 Å². The molecule has 9 heteroatoms. The molecule has 0 unspecified atom stereocenters. The van der Waals surface area contributed by atoms with E-state index in [4.69, 9.17) is 24.4 Å². The molecule has 6 nitrogen and oxygen atoms in total. The van der Waals surface area contributed by atoms with Crippen molar-refractivity contribution in [3.8, 4) is 22.8 Å². The molecule has 0 saturated carbocycles. The number of para-hydroxylation sites is 2. The van der Waals surface area contributed by atoms with Crippen LogP contribution >= 0.6 is 0 Å². The molecule has 1 heterocycles. The number of carboxylic acids is 1. The molecule has 2 aromatic carbocycles. The highest BCUT2D eigenvalue weighted by Gasteiger charge is 2.38. The second kappa shape index (κ2) is 13.4. The van der Waals surface area contributed by atoms with Crippen LogP contribution in [0.15, 0.2) is 54.9 Å². The zero-order valence-corrected chi connectivity index (χ0v) is 20.1. The molecule has 0 bridgehead atoms. The molecule has 3 rings (SSSR count). The fourth-order valence-electron chi connectivity index (χ4n) is 3.62. The maximum Gasteiger partial charge on any atom is 0.490 e. The summed E-state index contributed by atoms with van der Waals surface area (Å²) in [7, 11) is 3.44. The van der Waals surface area contributed by atoms with Crippen molar-refractivity contribution in [2.45, 2.75) is 51.7 Å². The molecule has 1 N–H and O–H groups in total. The average Bonchev–Trinajstić information content (AvgIpc) is 3.25. The quantitative estimate of drug-likeness (QED) is 0.342. The summed E-state index contributed by atoms with van der Waals surface area (Å²) in [6.07, 6.45) is 2.42. The summed E-state index contributed by atoms with van der Waals surface area (Å²) in [4.78, 5) is 13.7. The first-order valence-electron chi connectivity index (χ1n) is 11.3. The molecular weight excluding hydrogens is 461 g/mol. The number of imidazole rings is 1. The number of carboxylic acid groups (broad SMARTS) is 1. The number of halogens is 3. The smallest absolute Gasteiger partial charge is 0.490 e. The molecule has 0 aliphatic carbocycles. The van der Waals surface area contributed by atoms with E-state index in [0.717, 1.165) is 42.1 Å². The molecule has 0 atom stereocenters. The summed E-state index contributed by atoms with van der Waals surface area (Å²) in [5, 5.41) is 7.12. The van der Waals surface area contributed by atoms with Crippen molar-refractivity contribution in [3.63, 3.8) is 0 Å². The lowest BCUT2D eigenvalue weighted by Crippen LogP contribution is -2.21. The van der Waals surface area contributed by atoms with Gasteiger partial charge >= 0.3 is 12.1 Å². The fourth-order valence-corrected chi connectivity index (χ4v) is 3.62. The highest BCUT2D eigenvalue weighted by atomic mass is 19.4. The largest absolute Gasteiger partial charge is 0.496 e. The van der Waals surface area contributed by atoms with E-state index in [9.17, 15) is 13.2 Å². The third-order valence-corrected chi connectivity index (χ3v) is 5.38. The monoisotopic (exact) mass is 492 g/mol. The third-order valence-electron chi connectivity index (χ3n) is 5.38. The minimum Gasteiger partial charge on any atom is -0.496 e. The maximum absolute atomic E-state index is 10.6. The van der Waals surface area contributed by atoms with Crippen molar-refractivity contribution in [1.82, 2.24) is 9.55 Å². The second-order valence-electron chi connectivity index (χ2n) is 7.76. The van der Waals surface area contributed by atoms with E-state index in [0.29, 0.717) is 0 Å². The number of alkyl halides is 3. The first kappa shape index (κ1) is 27.8. The van der Waals surface area contributed by atoms with Crippen LogP contribution in [0.4, 0.5) is 13.2 Å². The Morgan fingerprint density at radius 1 is 0.971 bits per heavy atom. The van der Waals surface area contributed by atoms with Crippen molar-refractivity contribution in [2.75, 3.05) is 14.2 Å². The van der Waals surface area contributed by atoms with Gasteiger partial charge in [0.05, 0.1) is 26.2 Å². The maximum atomic E-state index is 10.6. The first-order valence-corrected chi connectivity index (χ1v) is 11.3. The predicted molar refractivity (Wildman–Crippen MR) is 128 cm³/mol. The second-order valence-corrected chi connectivity index (χ2v) is 7.76. The van der Waals surface area contributed by atoms with E-state index in [2.05, 4.69) is 29.7 Å². The van der Waals surface area contributed by atoms with Gasteiger partial charge in [-0.1, -0.05) is 50.1 Å². The van der Waals surface area contributed by atoms with Crippen molar-refractivity contribution in [1.29, 1.82) is 0 Å². The van der Waals surface area contributed by atoms with Gasteiger partial charge in [-0.25, -0.2) is 9.78 Å². The summed E-state index contributed by atoms with van der Waals surface area (Å²) in [6.45, 7) is 3.12. The molecule has 0 spiro atoms. The van der Waals surface area contributed by atoms with Gasteiger partial charge in [0.25, 0.3) is 0 Å². The van der Waals surface area contributed by atoms with Crippen LogP contribution in [0.5, 0.6) is 11.5 Å². The van der Waals surface area contributed by atoms with Gasteiger partial charge in [-0.15, -0.1) is 0 Å². The van der Waals surface area contributed by atoms with Gasteiger partial charge in [-0.2, -0.15) is 13.2 Å². The van der Waals surface area contributed by atoms with Crippen LogP contribution in [-0.2, 0) is 24.2 Å². The summed E-state index contributed by atoms with van der Waals surface area (Å²) < 4.78 is 45.1. The lowest BCUT2D eigenvalue weighted by molar-refractivity contribution is -0.192. The summed E-state index contributed by atoms with van der Waals surface area (Å²) in [5.41, 5.74) is 4.60. The minimum absolute atomic E-state index is 0.870. The molecule has 1 aromatic heterocycles. The van der Waals surface area contributed by atoms with E-state index in [1.54, 1.807) is 14.2 Å². The number of hydrogen-bond donors (Lipinski definition) is 1. The van der Waals surface area contributed by atoms with Crippen molar-refractivity contribution in [3.05, 3.63) is 66.1 Å². The van der Waals surface area contributed by atoms with E-state index >= 15 is 0 Å². The van der Waals surface area contributed by atoms with Gasteiger partial charge in [-0.3, -0.25) is 0 Å². The minimum atomic E-state index is -5.08. The number of carbonyl (C=O) groups is 1. The van der Waals surface area contributed by atoms with Crippen LogP contribution in [0.3, 0.4) is 0 Å². The number of ether oxygens (including phenoxy) is 2. The number of nitrogens with zero attached hydrogens (tertiary/aromatic N) is 2. The number of aliphatic carboxylic acids is 1. The summed E-state index contributed by atoms with van der Waals surface area (Å²) in [5.74, 6) is -0.943. The molecule has 0 aliphatic rings. The van der Waals surface area contributed by atoms with E-state index in [1.165, 1.54) is 30.5 Å².